The lowest BCUT2D eigenvalue weighted by molar-refractivity contribution is 0.174. The van der Waals surface area contributed by atoms with Gasteiger partial charge in [-0.25, -0.2) is 0 Å². The zero-order valence-electron chi connectivity index (χ0n) is 15.5. The molecule has 0 bridgehead atoms. The molecule has 2 aromatic rings. The molecule has 1 fully saturated rings. The Morgan fingerprint density at radius 2 is 1.88 bits per heavy atom. The van der Waals surface area contributed by atoms with Crippen LogP contribution in [0.4, 0.5) is 0 Å². The molecule has 0 saturated carbocycles. The van der Waals surface area contributed by atoms with Gasteiger partial charge in [0.1, 0.15) is 6.61 Å². The second kappa shape index (κ2) is 9.41. The molecule has 1 heterocycles. The Morgan fingerprint density at radius 3 is 2.58 bits per heavy atom. The number of nitrogens with zero attached hydrogens (tertiary/aromatic N) is 1. The predicted molar refractivity (Wildman–Crippen MR) is 106 cm³/mol. The van der Waals surface area contributed by atoms with E-state index >= 15 is 0 Å². The van der Waals surface area contributed by atoms with Gasteiger partial charge in [0, 0.05) is 32.2 Å². The maximum atomic E-state index is 5.99. The van der Waals surface area contributed by atoms with Crippen molar-refractivity contribution in [1.82, 2.24) is 10.2 Å². The standard InChI is InChI=1S/C22H28N2O2/c1-3-7-20(24-14-12-23-13-15-24)19-10-11-21(22(16-19)25-2)26-17-18-8-5-4-6-9-18/h3-6,8-11,16,20,23H,1,7,12-15,17H2,2H3/t20-/m1/s1. The van der Waals surface area contributed by atoms with Crippen molar-refractivity contribution >= 4 is 0 Å². The van der Waals surface area contributed by atoms with E-state index < -0.39 is 0 Å². The molecule has 0 aliphatic carbocycles. The number of hydrogen-bond donors (Lipinski definition) is 1. The molecular formula is C22H28N2O2. The first kappa shape index (κ1) is 18.5. The van der Waals surface area contributed by atoms with Crippen LogP contribution in [-0.2, 0) is 6.61 Å². The molecule has 1 atom stereocenters. The molecule has 0 radical (unpaired) electrons. The minimum atomic E-state index is 0.326. The average Bonchev–Trinajstić information content (AvgIpc) is 2.72. The smallest absolute Gasteiger partial charge is 0.161 e. The molecule has 1 saturated heterocycles. The van der Waals surface area contributed by atoms with E-state index in [0.29, 0.717) is 12.6 Å². The Kier molecular flexibility index (Phi) is 6.69. The van der Waals surface area contributed by atoms with Gasteiger partial charge in [-0.3, -0.25) is 4.90 Å². The van der Waals surface area contributed by atoms with Crippen LogP contribution >= 0.6 is 0 Å². The van der Waals surface area contributed by atoms with Gasteiger partial charge < -0.3 is 14.8 Å². The third-order valence-corrected chi connectivity index (χ3v) is 4.79. The van der Waals surface area contributed by atoms with Crippen molar-refractivity contribution in [3.05, 3.63) is 72.3 Å². The van der Waals surface area contributed by atoms with Gasteiger partial charge in [-0.2, -0.15) is 0 Å². The van der Waals surface area contributed by atoms with Gasteiger partial charge in [0.05, 0.1) is 7.11 Å². The van der Waals surface area contributed by atoms with Gasteiger partial charge in [-0.1, -0.05) is 42.5 Å². The lowest BCUT2D eigenvalue weighted by Gasteiger charge is -2.35. The van der Waals surface area contributed by atoms with Crippen LogP contribution in [0.1, 0.15) is 23.6 Å². The van der Waals surface area contributed by atoms with Gasteiger partial charge >= 0.3 is 0 Å². The van der Waals surface area contributed by atoms with Crippen LogP contribution < -0.4 is 14.8 Å². The van der Waals surface area contributed by atoms with Crippen LogP contribution in [0.2, 0.25) is 0 Å². The van der Waals surface area contributed by atoms with Crippen molar-refractivity contribution in [2.75, 3.05) is 33.3 Å². The molecule has 26 heavy (non-hydrogen) atoms. The second-order valence-corrected chi connectivity index (χ2v) is 6.51. The van der Waals surface area contributed by atoms with Gasteiger partial charge in [0.15, 0.2) is 11.5 Å². The van der Waals surface area contributed by atoms with E-state index in [1.165, 1.54) is 5.56 Å². The van der Waals surface area contributed by atoms with Crippen molar-refractivity contribution in [2.45, 2.75) is 19.1 Å². The van der Waals surface area contributed by atoms with Gasteiger partial charge in [-0.15, -0.1) is 6.58 Å². The first-order valence-electron chi connectivity index (χ1n) is 9.22. The SMILES string of the molecule is C=CC[C@H](c1ccc(OCc2ccccc2)c(OC)c1)N1CCNCC1. The molecule has 4 heteroatoms. The molecule has 138 valence electrons. The molecule has 0 aromatic heterocycles. The van der Waals surface area contributed by atoms with Gasteiger partial charge in [0.2, 0.25) is 0 Å². The zero-order valence-corrected chi connectivity index (χ0v) is 15.5. The number of ether oxygens (including phenoxy) is 2. The quantitative estimate of drug-likeness (QED) is 0.733. The number of methoxy groups -OCH3 is 1. The van der Waals surface area contributed by atoms with Crippen LogP contribution in [0.25, 0.3) is 0 Å². The molecule has 1 aliphatic rings. The number of hydrogen-bond acceptors (Lipinski definition) is 4. The minimum Gasteiger partial charge on any atom is -0.493 e. The van der Waals surface area contributed by atoms with Crippen LogP contribution in [0.5, 0.6) is 11.5 Å². The minimum absolute atomic E-state index is 0.326. The molecule has 1 N–H and O–H groups in total. The third kappa shape index (κ3) is 4.65. The highest BCUT2D eigenvalue weighted by molar-refractivity contribution is 5.44. The van der Waals surface area contributed by atoms with Crippen molar-refractivity contribution in [1.29, 1.82) is 0 Å². The highest BCUT2D eigenvalue weighted by Gasteiger charge is 2.22. The van der Waals surface area contributed by atoms with Gasteiger partial charge in [-0.05, 0) is 29.7 Å². The summed E-state index contributed by atoms with van der Waals surface area (Å²) in [5, 5.41) is 3.41. The fourth-order valence-corrected chi connectivity index (χ4v) is 3.39. The molecule has 3 rings (SSSR count). The largest absolute Gasteiger partial charge is 0.493 e. The summed E-state index contributed by atoms with van der Waals surface area (Å²) in [6, 6.07) is 16.8. The van der Waals surface area contributed by atoms with E-state index in [1.54, 1.807) is 7.11 Å². The lowest BCUT2D eigenvalue weighted by Crippen LogP contribution is -2.45. The first-order valence-corrected chi connectivity index (χ1v) is 9.22. The Hall–Kier alpha value is -2.30. The molecule has 4 nitrogen and oxygen atoms in total. The molecule has 1 aliphatic heterocycles. The van der Waals surface area contributed by atoms with Crippen molar-refractivity contribution in [2.24, 2.45) is 0 Å². The summed E-state index contributed by atoms with van der Waals surface area (Å²) < 4.78 is 11.6. The molecule has 0 unspecified atom stereocenters. The van der Waals surface area contributed by atoms with E-state index in [2.05, 4.69) is 41.1 Å². The normalized spacial score (nSPS) is 16.0. The Morgan fingerprint density at radius 1 is 1.12 bits per heavy atom. The third-order valence-electron chi connectivity index (χ3n) is 4.79. The topological polar surface area (TPSA) is 33.7 Å². The fourth-order valence-electron chi connectivity index (χ4n) is 3.39. The summed E-state index contributed by atoms with van der Waals surface area (Å²) in [5.41, 5.74) is 2.39. The average molecular weight is 352 g/mol. The van der Waals surface area contributed by atoms with Crippen LogP contribution in [0.15, 0.2) is 61.2 Å². The molecule has 0 amide bonds. The monoisotopic (exact) mass is 352 g/mol. The summed E-state index contributed by atoms with van der Waals surface area (Å²) in [4.78, 5) is 2.51. The predicted octanol–water partition coefficient (Wildman–Crippen LogP) is 3.80. The summed E-state index contributed by atoms with van der Waals surface area (Å²) >= 11 is 0. The Labute approximate surface area is 156 Å². The zero-order chi connectivity index (χ0) is 18.2. The van der Waals surface area contributed by atoms with Crippen molar-refractivity contribution in [3.63, 3.8) is 0 Å². The molecule has 2 aromatic carbocycles. The Balaban J connectivity index is 1.76. The van der Waals surface area contributed by atoms with Crippen LogP contribution in [0, 0.1) is 0 Å². The van der Waals surface area contributed by atoms with E-state index in [4.69, 9.17) is 9.47 Å². The van der Waals surface area contributed by atoms with E-state index in [-0.39, 0.29) is 0 Å². The highest BCUT2D eigenvalue weighted by Crippen LogP contribution is 2.34. The summed E-state index contributed by atoms with van der Waals surface area (Å²) in [5.74, 6) is 1.56. The molecular weight excluding hydrogens is 324 g/mol. The van der Waals surface area contributed by atoms with E-state index in [0.717, 1.165) is 49.7 Å². The number of piperazine rings is 1. The van der Waals surface area contributed by atoms with Crippen LogP contribution in [0.3, 0.4) is 0 Å². The summed E-state index contributed by atoms with van der Waals surface area (Å²) in [6.07, 6.45) is 2.92. The van der Waals surface area contributed by atoms with Crippen molar-refractivity contribution < 1.29 is 9.47 Å². The maximum Gasteiger partial charge on any atom is 0.161 e. The maximum absolute atomic E-state index is 5.99. The summed E-state index contributed by atoms with van der Waals surface area (Å²) in [7, 11) is 1.70. The summed E-state index contributed by atoms with van der Waals surface area (Å²) in [6.45, 7) is 8.64. The first-order chi connectivity index (χ1) is 12.8. The van der Waals surface area contributed by atoms with Crippen LogP contribution in [-0.4, -0.2) is 38.2 Å². The van der Waals surface area contributed by atoms with E-state index in [9.17, 15) is 0 Å². The second-order valence-electron chi connectivity index (χ2n) is 6.51. The Bertz CT molecular complexity index is 697. The lowest BCUT2D eigenvalue weighted by atomic mass is 10.0. The van der Waals surface area contributed by atoms with Gasteiger partial charge in [0.25, 0.3) is 0 Å². The molecule has 0 spiro atoms. The number of rotatable bonds is 8. The highest BCUT2D eigenvalue weighted by atomic mass is 16.5. The number of nitrogens with one attached hydrogen (secondary N) is 1. The fraction of sp³-hybridized carbons (Fsp3) is 0.364. The van der Waals surface area contributed by atoms with Crippen molar-refractivity contribution in [3.8, 4) is 11.5 Å². The number of benzene rings is 2. The van der Waals surface area contributed by atoms with E-state index in [1.807, 2.05) is 30.3 Å².